The molecule has 0 fully saturated rings. The first-order chi connectivity index (χ1) is 15.6. The van der Waals surface area contributed by atoms with Crippen molar-refractivity contribution in [3.63, 3.8) is 0 Å². The van der Waals surface area contributed by atoms with Crippen molar-refractivity contribution in [2.24, 2.45) is 0 Å². The van der Waals surface area contributed by atoms with Gasteiger partial charge in [0.1, 0.15) is 13.2 Å². The van der Waals surface area contributed by atoms with Crippen LogP contribution in [-0.4, -0.2) is 34.2 Å². The van der Waals surface area contributed by atoms with Gasteiger partial charge in [-0.05, 0) is 60.7 Å². The molecule has 1 aliphatic heterocycles. The molecule has 0 bridgehead atoms. The maximum atomic E-state index is 12.6. The highest BCUT2D eigenvalue weighted by atomic mass is 35.5. The summed E-state index contributed by atoms with van der Waals surface area (Å²) in [5.41, 5.74) is 2.61. The molecule has 160 valence electrons. The number of nitrogens with one attached hydrogen (secondary N) is 2. The SMILES string of the molecule is O=C(NC(=S)Nc1ccc(Cl)c(-c2nc3ncccc3o2)c1)c1ccc2c(c1)OCCO2. The van der Waals surface area contributed by atoms with E-state index in [1.54, 1.807) is 54.7 Å². The van der Waals surface area contributed by atoms with Crippen molar-refractivity contribution in [3.05, 3.63) is 65.3 Å². The van der Waals surface area contributed by atoms with Crippen LogP contribution in [0.25, 0.3) is 22.7 Å². The second-order valence-corrected chi connectivity index (χ2v) is 7.62. The van der Waals surface area contributed by atoms with E-state index in [2.05, 4.69) is 20.6 Å². The molecule has 4 aromatic rings. The Morgan fingerprint density at radius 2 is 1.91 bits per heavy atom. The quantitative estimate of drug-likeness (QED) is 0.427. The number of hydrogen-bond donors (Lipinski definition) is 2. The zero-order valence-electron chi connectivity index (χ0n) is 16.4. The lowest BCUT2D eigenvalue weighted by Gasteiger charge is -2.18. The van der Waals surface area contributed by atoms with E-state index in [1.807, 2.05) is 0 Å². The standard InChI is InChI=1S/C22H15ClN4O4S/c23-15-5-4-13(11-14(15)21-26-19-17(31-21)2-1-7-24-19)25-22(32)27-20(28)12-3-6-16-18(10-12)30-9-8-29-16/h1-7,10-11H,8-9H2,(H2,25,27,28,32). The van der Waals surface area contributed by atoms with Crippen LogP contribution in [0.4, 0.5) is 5.69 Å². The molecule has 10 heteroatoms. The number of carbonyl (C=O) groups is 1. The summed E-state index contributed by atoms with van der Waals surface area (Å²) in [6.07, 6.45) is 1.64. The van der Waals surface area contributed by atoms with Gasteiger partial charge in [0.15, 0.2) is 27.8 Å². The first-order valence-corrected chi connectivity index (χ1v) is 10.4. The number of hydrogen-bond acceptors (Lipinski definition) is 7. The Kier molecular flexibility index (Phi) is 5.34. The van der Waals surface area contributed by atoms with Crippen molar-refractivity contribution >= 4 is 51.8 Å². The molecule has 1 aliphatic rings. The van der Waals surface area contributed by atoms with Crippen LogP contribution in [0, 0.1) is 0 Å². The van der Waals surface area contributed by atoms with Gasteiger partial charge >= 0.3 is 0 Å². The summed E-state index contributed by atoms with van der Waals surface area (Å²) in [5, 5.41) is 6.20. The van der Waals surface area contributed by atoms with E-state index in [0.29, 0.717) is 63.7 Å². The van der Waals surface area contributed by atoms with Crippen molar-refractivity contribution in [2.75, 3.05) is 18.5 Å². The Balaban J connectivity index is 1.31. The van der Waals surface area contributed by atoms with E-state index < -0.39 is 0 Å². The Morgan fingerprint density at radius 1 is 1.06 bits per heavy atom. The lowest BCUT2D eigenvalue weighted by atomic mass is 10.2. The molecule has 0 radical (unpaired) electrons. The van der Waals surface area contributed by atoms with E-state index in [1.165, 1.54) is 0 Å². The van der Waals surface area contributed by atoms with Crippen molar-refractivity contribution < 1.29 is 18.7 Å². The smallest absolute Gasteiger partial charge is 0.257 e. The minimum atomic E-state index is -0.376. The highest BCUT2D eigenvalue weighted by molar-refractivity contribution is 7.80. The lowest BCUT2D eigenvalue weighted by Crippen LogP contribution is -2.34. The van der Waals surface area contributed by atoms with Crippen LogP contribution < -0.4 is 20.1 Å². The van der Waals surface area contributed by atoms with E-state index in [-0.39, 0.29) is 11.0 Å². The van der Waals surface area contributed by atoms with Crippen molar-refractivity contribution in [3.8, 4) is 23.0 Å². The van der Waals surface area contributed by atoms with Crippen LogP contribution in [0.15, 0.2) is 59.1 Å². The molecule has 0 spiro atoms. The first-order valence-electron chi connectivity index (χ1n) is 9.60. The van der Waals surface area contributed by atoms with E-state index >= 15 is 0 Å². The molecule has 0 saturated heterocycles. The number of halogens is 1. The van der Waals surface area contributed by atoms with Crippen LogP contribution in [0.5, 0.6) is 11.5 Å². The predicted molar refractivity (Wildman–Crippen MR) is 123 cm³/mol. The van der Waals surface area contributed by atoms with Crippen LogP contribution in [0.3, 0.4) is 0 Å². The van der Waals surface area contributed by atoms with Crippen molar-refractivity contribution in [1.82, 2.24) is 15.3 Å². The maximum Gasteiger partial charge on any atom is 0.257 e. The third kappa shape index (κ3) is 4.08. The van der Waals surface area contributed by atoms with Gasteiger partial charge in [0.05, 0.1) is 10.6 Å². The topological polar surface area (TPSA) is 98.5 Å². The Labute approximate surface area is 192 Å². The molecule has 0 atom stereocenters. The molecule has 0 saturated carbocycles. The summed E-state index contributed by atoms with van der Waals surface area (Å²) >= 11 is 11.6. The first kappa shape index (κ1) is 20.2. The Morgan fingerprint density at radius 3 is 2.75 bits per heavy atom. The largest absolute Gasteiger partial charge is 0.486 e. The van der Waals surface area contributed by atoms with Crippen LogP contribution in [-0.2, 0) is 0 Å². The summed E-state index contributed by atoms with van der Waals surface area (Å²) in [6.45, 7) is 0.919. The van der Waals surface area contributed by atoms with Gasteiger partial charge in [-0.1, -0.05) is 11.6 Å². The molecular weight excluding hydrogens is 452 g/mol. The minimum Gasteiger partial charge on any atom is -0.486 e. The summed E-state index contributed by atoms with van der Waals surface area (Å²) in [5.74, 6) is 1.09. The van der Waals surface area contributed by atoms with Crippen molar-refractivity contribution in [2.45, 2.75) is 0 Å². The zero-order valence-corrected chi connectivity index (χ0v) is 18.0. The molecule has 8 nitrogen and oxygen atoms in total. The Hall–Kier alpha value is -3.69. The number of nitrogens with zero attached hydrogens (tertiary/aromatic N) is 2. The maximum absolute atomic E-state index is 12.6. The summed E-state index contributed by atoms with van der Waals surface area (Å²) in [7, 11) is 0. The molecule has 5 rings (SSSR count). The van der Waals surface area contributed by atoms with Crippen LogP contribution in [0.1, 0.15) is 10.4 Å². The number of rotatable bonds is 3. The van der Waals surface area contributed by atoms with E-state index in [0.717, 1.165) is 0 Å². The minimum absolute atomic E-state index is 0.123. The zero-order chi connectivity index (χ0) is 22.1. The number of thiocarbonyl (C=S) groups is 1. The molecule has 2 aromatic carbocycles. The highest BCUT2D eigenvalue weighted by Crippen LogP contribution is 2.32. The van der Waals surface area contributed by atoms with Gasteiger partial charge in [-0.2, -0.15) is 4.98 Å². The average molecular weight is 467 g/mol. The van der Waals surface area contributed by atoms with E-state index in [9.17, 15) is 4.79 Å². The van der Waals surface area contributed by atoms with Gasteiger partial charge in [-0.3, -0.25) is 10.1 Å². The molecule has 1 amide bonds. The summed E-state index contributed by atoms with van der Waals surface area (Å²) in [6, 6.07) is 13.6. The molecule has 0 aliphatic carbocycles. The van der Waals surface area contributed by atoms with Crippen molar-refractivity contribution in [1.29, 1.82) is 0 Å². The number of ether oxygens (including phenoxy) is 2. The summed E-state index contributed by atoms with van der Waals surface area (Å²) in [4.78, 5) is 21.1. The molecule has 32 heavy (non-hydrogen) atoms. The summed E-state index contributed by atoms with van der Waals surface area (Å²) < 4.78 is 16.7. The molecular formula is C22H15ClN4O4S. The number of benzene rings is 2. The number of amides is 1. The highest BCUT2D eigenvalue weighted by Gasteiger charge is 2.17. The predicted octanol–water partition coefficient (Wildman–Crippen LogP) is 4.44. The number of carbonyl (C=O) groups excluding carboxylic acids is 1. The number of anilines is 1. The van der Waals surface area contributed by atoms with Crippen LogP contribution in [0.2, 0.25) is 5.02 Å². The fraction of sp³-hybridized carbons (Fsp3) is 0.0909. The fourth-order valence-corrected chi connectivity index (χ4v) is 3.58. The lowest BCUT2D eigenvalue weighted by molar-refractivity contribution is 0.0976. The van der Waals surface area contributed by atoms with E-state index in [4.69, 9.17) is 37.7 Å². The van der Waals surface area contributed by atoms with Gasteiger partial charge in [-0.15, -0.1) is 0 Å². The number of oxazole rings is 1. The third-order valence-electron chi connectivity index (χ3n) is 4.65. The van der Waals surface area contributed by atoms with Crippen LogP contribution >= 0.6 is 23.8 Å². The molecule has 2 aromatic heterocycles. The number of pyridine rings is 1. The second-order valence-electron chi connectivity index (χ2n) is 6.81. The monoisotopic (exact) mass is 466 g/mol. The van der Waals surface area contributed by atoms with Gasteiger partial charge < -0.3 is 19.2 Å². The van der Waals surface area contributed by atoms with Gasteiger partial charge in [0.25, 0.3) is 5.91 Å². The number of aromatic nitrogens is 2. The van der Waals surface area contributed by atoms with Gasteiger partial charge in [0, 0.05) is 17.4 Å². The molecule has 3 heterocycles. The van der Waals surface area contributed by atoms with Gasteiger partial charge in [0.2, 0.25) is 5.89 Å². The Bertz CT molecular complexity index is 1320. The second kappa shape index (κ2) is 8.45. The number of fused-ring (bicyclic) bond motifs is 2. The fourth-order valence-electron chi connectivity index (χ4n) is 3.17. The third-order valence-corrected chi connectivity index (χ3v) is 5.18. The molecule has 0 unspecified atom stereocenters. The molecule has 2 N–H and O–H groups in total. The normalized spacial score (nSPS) is 12.4. The average Bonchev–Trinajstić information content (AvgIpc) is 3.24. The van der Waals surface area contributed by atoms with Gasteiger partial charge in [-0.25, -0.2) is 4.98 Å².